The van der Waals surface area contributed by atoms with Crippen molar-refractivity contribution in [2.24, 2.45) is 0 Å². The van der Waals surface area contributed by atoms with Crippen LogP contribution in [0.25, 0.3) is 0 Å². The molecule has 1 heterocycles. The van der Waals surface area contributed by atoms with Gasteiger partial charge in [0, 0.05) is 12.1 Å². The predicted octanol–water partition coefficient (Wildman–Crippen LogP) is 1.40. The van der Waals surface area contributed by atoms with Crippen molar-refractivity contribution in [3.63, 3.8) is 0 Å². The van der Waals surface area contributed by atoms with E-state index in [1.54, 1.807) is 0 Å². The summed E-state index contributed by atoms with van der Waals surface area (Å²) in [5.74, 6) is -0.243. The zero-order chi connectivity index (χ0) is 16.3. The number of hydrogen-bond donors (Lipinski definition) is 1. The van der Waals surface area contributed by atoms with Gasteiger partial charge in [-0.15, -0.1) is 0 Å². The molecule has 7 nitrogen and oxygen atoms in total. The van der Waals surface area contributed by atoms with Gasteiger partial charge in [-0.25, -0.2) is 4.79 Å². The Hall–Kier alpha value is -2.44. The fourth-order valence-electron chi connectivity index (χ4n) is 2.64. The van der Waals surface area contributed by atoms with Crippen LogP contribution >= 0.6 is 0 Å². The molecule has 0 radical (unpaired) electrons. The molecule has 1 aliphatic heterocycles. The Balaban J connectivity index is 2.39. The van der Waals surface area contributed by atoms with E-state index in [-0.39, 0.29) is 5.91 Å². The Kier molecular flexibility index (Phi) is 4.75. The molecule has 0 aliphatic carbocycles. The molecule has 7 heteroatoms. The number of methoxy groups -OCH3 is 3. The van der Waals surface area contributed by atoms with E-state index in [9.17, 15) is 14.7 Å². The number of likely N-dealkylation sites (tertiary alicyclic amines) is 1. The second-order valence-electron chi connectivity index (χ2n) is 4.91. The van der Waals surface area contributed by atoms with Gasteiger partial charge in [0.15, 0.2) is 11.5 Å². The SMILES string of the molecule is COc1cc(C(=O)N2CCCC2C(=O)O)cc(OC)c1OC. The maximum absolute atomic E-state index is 12.6. The summed E-state index contributed by atoms with van der Waals surface area (Å²) in [6.07, 6.45) is 1.14. The van der Waals surface area contributed by atoms with E-state index in [0.717, 1.165) is 0 Å². The number of amides is 1. The number of aliphatic carboxylic acids is 1. The van der Waals surface area contributed by atoms with Gasteiger partial charge in [0.05, 0.1) is 21.3 Å². The molecular formula is C15H19NO6. The number of carboxylic acids is 1. The lowest BCUT2D eigenvalue weighted by Gasteiger charge is -2.22. The third kappa shape index (κ3) is 2.79. The lowest BCUT2D eigenvalue weighted by Crippen LogP contribution is -2.40. The largest absolute Gasteiger partial charge is 0.493 e. The number of hydrogen-bond acceptors (Lipinski definition) is 5. The maximum atomic E-state index is 12.6. The van der Waals surface area contributed by atoms with Crippen LogP contribution in [0.15, 0.2) is 12.1 Å². The molecule has 0 spiro atoms. The number of ether oxygens (including phenoxy) is 3. The molecule has 1 aromatic carbocycles. The summed E-state index contributed by atoms with van der Waals surface area (Å²) in [6, 6.07) is 2.27. The van der Waals surface area contributed by atoms with Crippen LogP contribution in [0.2, 0.25) is 0 Å². The van der Waals surface area contributed by atoms with Crippen molar-refractivity contribution in [2.45, 2.75) is 18.9 Å². The van der Waals surface area contributed by atoms with Crippen LogP contribution in [-0.4, -0.2) is 55.8 Å². The highest BCUT2D eigenvalue weighted by atomic mass is 16.5. The van der Waals surface area contributed by atoms with E-state index >= 15 is 0 Å². The Morgan fingerprint density at radius 3 is 2.18 bits per heavy atom. The third-order valence-electron chi connectivity index (χ3n) is 3.71. The first-order valence-electron chi connectivity index (χ1n) is 6.87. The highest BCUT2D eigenvalue weighted by Crippen LogP contribution is 2.38. The second-order valence-corrected chi connectivity index (χ2v) is 4.91. The normalized spacial score (nSPS) is 17.2. The van der Waals surface area contributed by atoms with E-state index in [1.165, 1.54) is 38.4 Å². The minimum atomic E-state index is -0.988. The number of carbonyl (C=O) groups excluding carboxylic acids is 1. The first-order chi connectivity index (χ1) is 10.5. The predicted molar refractivity (Wildman–Crippen MR) is 77.8 cm³/mol. The van der Waals surface area contributed by atoms with Crippen molar-refractivity contribution < 1.29 is 28.9 Å². The lowest BCUT2D eigenvalue weighted by atomic mass is 10.1. The molecule has 1 saturated heterocycles. The van der Waals surface area contributed by atoms with Crippen LogP contribution in [0.5, 0.6) is 17.2 Å². The summed E-state index contributed by atoms with van der Waals surface area (Å²) in [6.45, 7) is 0.423. The summed E-state index contributed by atoms with van der Waals surface area (Å²) >= 11 is 0. The highest BCUT2D eigenvalue weighted by Gasteiger charge is 2.35. The minimum absolute atomic E-state index is 0.308. The minimum Gasteiger partial charge on any atom is -0.493 e. The summed E-state index contributed by atoms with van der Waals surface area (Å²) in [5, 5.41) is 9.20. The number of carbonyl (C=O) groups is 2. The Bertz CT molecular complexity index is 560. The topological polar surface area (TPSA) is 85.3 Å². The van der Waals surface area contributed by atoms with Crippen molar-refractivity contribution in [1.82, 2.24) is 4.90 Å². The molecule has 1 fully saturated rings. The summed E-state index contributed by atoms with van der Waals surface area (Å²) in [7, 11) is 4.39. The van der Waals surface area contributed by atoms with E-state index in [2.05, 4.69) is 0 Å². The molecular weight excluding hydrogens is 290 g/mol. The standard InChI is InChI=1S/C15H19NO6/c1-20-11-7-9(8-12(21-2)13(11)22-3)14(17)16-6-4-5-10(16)15(18)19/h7-8,10H,4-6H2,1-3H3,(H,18,19). The second kappa shape index (κ2) is 6.55. The Morgan fingerprint density at radius 2 is 1.73 bits per heavy atom. The van der Waals surface area contributed by atoms with E-state index in [1.807, 2.05) is 0 Å². The van der Waals surface area contributed by atoms with Crippen molar-refractivity contribution >= 4 is 11.9 Å². The fourth-order valence-corrected chi connectivity index (χ4v) is 2.64. The zero-order valence-corrected chi connectivity index (χ0v) is 12.8. The summed E-state index contributed by atoms with van der Waals surface area (Å²) in [5.41, 5.74) is 0.308. The fraction of sp³-hybridized carbons (Fsp3) is 0.467. The molecule has 2 rings (SSSR count). The van der Waals surface area contributed by atoms with Crippen LogP contribution in [0, 0.1) is 0 Å². The Morgan fingerprint density at radius 1 is 1.14 bits per heavy atom. The van der Waals surface area contributed by atoms with Crippen LogP contribution < -0.4 is 14.2 Å². The van der Waals surface area contributed by atoms with Crippen molar-refractivity contribution in [2.75, 3.05) is 27.9 Å². The van der Waals surface area contributed by atoms with Gasteiger partial charge in [0.25, 0.3) is 5.91 Å². The number of nitrogens with zero attached hydrogens (tertiary/aromatic N) is 1. The molecule has 1 atom stereocenters. The molecule has 0 bridgehead atoms. The van der Waals surface area contributed by atoms with Gasteiger partial charge in [-0.1, -0.05) is 0 Å². The first kappa shape index (κ1) is 15.9. The van der Waals surface area contributed by atoms with Crippen molar-refractivity contribution in [1.29, 1.82) is 0 Å². The maximum Gasteiger partial charge on any atom is 0.326 e. The van der Waals surface area contributed by atoms with Crippen LogP contribution in [0.3, 0.4) is 0 Å². The molecule has 1 aromatic rings. The van der Waals surface area contributed by atoms with Gasteiger partial charge in [0.1, 0.15) is 6.04 Å². The molecule has 1 amide bonds. The zero-order valence-electron chi connectivity index (χ0n) is 12.8. The molecule has 1 unspecified atom stereocenters. The van der Waals surface area contributed by atoms with E-state index in [4.69, 9.17) is 14.2 Å². The number of carboxylic acid groups (broad SMARTS) is 1. The summed E-state index contributed by atoms with van der Waals surface area (Å²) in [4.78, 5) is 25.2. The number of benzene rings is 1. The van der Waals surface area contributed by atoms with Crippen LogP contribution in [-0.2, 0) is 4.79 Å². The molecule has 120 valence electrons. The third-order valence-corrected chi connectivity index (χ3v) is 3.71. The van der Waals surface area contributed by atoms with Gasteiger partial charge < -0.3 is 24.2 Å². The molecule has 22 heavy (non-hydrogen) atoms. The quantitative estimate of drug-likeness (QED) is 0.885. The molecule has 1 N–H and O–H groups in total. The van der Waals surface area contributed by atoms with E-state index in [0.29, 0.717) is 42.2 Å². The van der Waals surface area contributed by atoms with Crippen molar-refractivity contribution in [3.8, 4) is 17.2 Å². The molecule has 1 aliphatic rings. The average Bonchev–Trinajstić information content (AvgIpc) is 3.02. The lowest BCUT2D eigenvalue weighted by molar-refractivity contribution is -0.141. The first-order valence-corrected chi connectivity index (χ1v) is 6.87. The van der Waals surface area contributed by atoms with Crippen LogP contribution in [0.4, 0.5) is 0 Å². The van der Waals surface area contributed by atoms with Crippen molar-refractivity contribution in [3.05, 3.63) is 17.7 Å². The smallest absolute Gasteiger partial charge is 0.326 e. The van der Waals surface area contributed by atoms with Gasteiger partial charge in [-0.2, -0.15) is 0 Å². The van der Waals surface area contributed by atoms with E-state index < -0.39 is 12.0 Å². The highest BCUT2D eigenvalue weighted by molar-refractivity contribution is 5.98. The average molecular weight is 309 g/mol. The molecule has 0 aromatic heterocycles. The van der Waals surface area contributed by atoms with Gasteiger partial charge in [-0.05, 0) is 25.0 Å². The Labute approximate surface area is 128 Å². The molecule has 0 saturated carbocycles. The van der Waals surface area contributed by atoms with Gasteiger partial charge in [-0.3, -0.25) is 4.79 Å². The number of rotatable bonds is 5. The van der Waals surface area contributed by atoms with Gasteiger partial charge in [0.2, 0.25) is 5.75 Å². The monoisotopic (exact) mass is 309 g/mol. The van der Waals surface area contributed by atoms with Crippen LogP contribution in [0.1, 0.15) is 23.2 Å². The van der Waals surface area contributed by atoms with Gasteiger partial charge >= 0.3 is 5.97 Å². The summed E-state index contributed by atoms with van der Waals surface area (Å²) < 4.78 is 15.6.